The van der Waals surface area contributed by atoms with E-state index in [0.29, 0.717) is 13.2 Å². The first-order chi connectivity index (χ1) is 4.83. The molecule has 1 unspecified atom stereocenters. The number of rotatable bonds is 1. The van der Waals surface area contributed by atoms with E-state index < -0.39 is 5.79 Å². The largest absolute Gasteiger partial charge is 0.372 e. The van der Waals surface area contributed by atoms with Gasteiger partial charge in [0.05, 0.1) is 13.2 Å². The molecule has 0 saturated carbocycles. The van der Waals surface area contributed by atoms with Crippen molar-refractivity contribution in [3.63, 3.8) is 0 Å². The minimum absolute atomic E-state index is 0.194. The number of nitrogens with zero attached hydrogens (tertiary/aromatic N) is 1. The highest BCUT2D eigenvalue weighted by atomic mass is 16.7. The lowest BCUT2D eigenvalue weighted by Crippen LogP contribution is -2.43. The molecule has 0 amide bonds. The molecule has 0 radical (unpaired) electrons. The van der Waals surface area contributed by atoms with Crippen molar-refractivity contribution in [2.75, 3.05) is 26.9 Å². The zero-order valence-electron chi connectivity index (χ0n) is 5.79. The predicted octanol–water partition coefficient (Wildman–Crippen LogP) is -0.101. The van der Waals surface area contributed by atoms with Crippen molar-refractivity contribution >= 4 is 0 Å². The van der Waals surface area contributed by atoms with E-state index in [4.69, 9.17) is 19.5 Å². The van der Waals surface area contributed by atoms with Gasteiger partial charge in [-0.1, -0.05) is 0 Å². The van der Waals surface area contributed by atoms with Gasteiger partial charge in [-0.3, -0.25) is 0 Å². The summed E-state index contributed by atoms with van der Waals surface area (Å²) in [6.07, 6.45) is 0. The van der Waals surface area contributed by atoms with Gasteiger partial charge in [-0.05, 0) is 0 Å². The highest BCUT2D eigenvalue weighted by molar-refractivity contribution is 4.95. The van der Waals surface area contributed by atoms with Gasteiger partial charge in [-0.25, -0.2) is 0 Å². The molecule has 0 aliphatic carbocycles. The fourth-order valence-electron chi connectivity index (χ4n) is 0.742. The molecule has 10 heavy (non-hydrogen) atoms. The van der Waals surface area contributed by atoms with Gasteiger partial charge < -0.3 is 14.2 Å². The lowest BCUT2D eigenvalue weighted by molar-refractivity contribution is -0.248. The molecule has 0 aromatic rings. The topological polar surface area (TPSA) is 51.5 Å². The zero-order valence-corrected chi connectivity index (χ0v) is 5.79. The van der Waals surface area contributed by atoms with Crippen LogP contribution in [0.1, 0.15) is 0 Å². The lowest BCUT2D eigenvalue weighted by Gasteiger charge is -2.28. The Bertz CT molecular complexity index is 146. The highest BCUT2D eigenvalue weighted by Crippen LogP contribution is 2.14. The number of methoxy groups -OCH3 is 1. The summed E-state index contributed by atoms with van der Waals surface area (Å²) in [6, 6.07) is 1.90. The maximum absolute atomic E-state index is 8.56. The van der Waals surface area contributed by atoms with Crippen molar-refractivity contribution in [3.8, 4) is 6.07 Å². The maximum atomic E-state index is 8.56. The van der Waals surface area contributed by atoms with E-state index in [2.05, 4.69) is 0 Å². The molecule has 1 atom stereocenters. The van der Waals surface area contributed by atoms with Crippen molar-refractivity contribution in [1.82, 2.24) is 0 Å². The number of hydrogen-bond acceptors (Lipinski definition) is 4. The predicted molar refractivity (Wildman–Crippen MR) is 32.1 cm³/mol. The van der Waals surface area contributed by atoms with E-state index >= 15 is 0 Å². The van der Waals surface area contributed by atoms with Gasteiger partial charge in [0.2, 0.25) is 0 Å². The second kappa shape index (κ2) is 2.97. The SMILES string of the molecule is COC1(C#N)COCCO1. The summed E-state index contributed by atoms with van der Waals surface area (Å²) in [7, 11) is 1.43. The van der Waals surface area contributed by atoms with Crippen LogP contribution in [0.2, 0.25) is 0 Å². The Kier molecular flexibility index (Phi) is 2.22. The second-order valence-electron chi connectivity index (χ2n) is 1.97. The lowest BCUT2D eigenvalue weighted by atomic mass is 10.3. The molecule has 1 fully saturated rings. The minimum atomic E-state index is -1.15. The van der Waals surface area contributed by atoms with E-state index in [1.165, 1.54) is 7.11 Å². The van der Waals surface area contributed by atoms with E-state index in [1.807, 2.05) is 6.07 Å². The van der Waals surface area contributed by atoms with Gasteiger partial charge in [0.1, 0.15) is 12.7 Å². The van der Waals surface area contributed by atoms with Crippen molar-refractivity contribution < 1.29 is 14.2 Å². The molecule has 0 aromatic carbocycles. The van der Waals surface area contributed by atoms with Gasteiger partial charge in [-0.15, -0.1) is 0 Å². The minimum Gasteiger partial charge on any atom is -0.372 e. The van der Waals surface area contributed by atoms with Gasteiger partial charge in [-0.2, -0.15) is 5.26 Å². The van der Waals surface area contributed by atoms with Crippen molar-refractivity contribution in [2.45, 2.75) is 5.79 Å². The van der Waals surface area contributed by atoms with Crippen LogP contribution in [-0.2, 0) is 14.2 Å². The van der Waals surface area contributed by atoms with Crippen LogP contribution >= 0.6 is 0 Å². The first kappa shape index (κ1) is 7.48. The molecule has 0 aromatic heterocycles. The van der Waals surface area contributed by atoms with Crippen LogP contribution in [0.15, 0.2) is 0 Å². The van der Waals surface area contributed by atoms with Gasteiger partial charge in [0.15, 0.2) is 0 Å². The quantitative estimate of drug-likeness (QED) is 0.514. The average molecular weight is 143 g/mol. The van der Waals surface area contributed by atoms with Crippen LogP contribution in [0.5, 0.6) is 0 Å². The fraction of sp³-hybridized carbons (Fsp3) is 0.833. The molecule has 0 bridgehead atoms. The molecule has 1 aliphatic heterocycles. The Balaban J connectivity index is 2.55. The fourth-order valence-corrected chi connectivity index (χ4v) is 0.742. The smallest absolute Gasteiger partial charge is 0.283 e. The monoisotopic (exact) mass is 143 g/mol. The Morgan fingerprint density at radius 1 is 1.60 bits per heavy atom. The highest BCUT2D eigenvalue weighted by Gasteiger charge is 2.34. The standard InChI is InChI=1S/C6H9NO3/c1-8-6(4-7)5-9-2-3-10-6/h2-3,5H2,1H3. The number of hydrogen-bond donors (Lipinski definition) is 0. The zero-order chi connectivity index (χ0) is 7.45. The van der Waals surface area contributed by atoms with Crippen LogP contribution in [0.4, 0.5) is 0 Å². The van der Waals surface area contributed by atoms with Gasteiger partial charge >= 0.3 is 0 Å². The Labute approximate surface area is 59.3 Å². The summed E-state index contributed by atoms with van der Waals surface area (Å²) in [5.74, 6) is -1.15. The third-order valence-electron chi connectivity index (χ3n) is 1.36. The first-order valence-electron chi connectivity index (χ1n) is 3.01. The summed E-state index contributed by atoms with van der Waals surface area (Å²) >= 11 is 0. The maximum Gasteiger partial charge on any atom is 0.283 e. The molecule has 56 valence electrons. The third kappa shape index (κ3) is 1.27. The normalized spacial score (nSPS) is 33.2. The van der Waals surface area contributed by atoms with E-state index in [-0.39, 0.29) is 6.61 Å². The Hall–Kier alpha value is -0.630. The van der Waals surface area contributed by atoms with Crippen molar-refractivity contribution in [3.05, 3.63) is 0 Å². The molecule has 1 saturated heterocycles. The average Bonchev–Trinajstić information content (AvgIpc) is 2.06. The number of ether oxygens (including phenoxy) is 3. The molecule has 0 N–H and O–H groups in total. The Morgan fingerprint density at radius 2 is 2.40 bits per heavy atom. The molecule has 1 rings (SSSR count). The first-order valence-corrected chi connectivity index (χ1v) is 3.01. The van der Waals surface area contributed by atoms with Gasteiger partial charge in [0.25, 0.3) is 5.79 Å². The second-order valence-corrected chi connectivity index (χ2v) is 1.97. The summed E-state index contributed by atoms with van der Waals surface area (Å²) in [5, 5.41) is 8.56. The number of nitriles is 1. The summed E-state index contributed by atoms with van der Waals surface area (Å²) < 4.78 is 14.9. The molecule has 4 heteroatoms. The third-order valence-corrected chi connectivity index (χ3v) is 1.36. The molecule has 4 nitrogen and oxygen atoms in total. The summed E-state index contributed by atoms with van der Waals surface area (Å²) in [6.45, 7) is 1.15. The molecular formula is C6H9NO3. The van der Waals surface area contributed by atoms with Crippen LogP contribution in [0.3, 0.4) is 0 Å². The summed E-state index contributed by atoms with van der Waals surface area (Å²) in [4.78, 5) is 0. The van der Waals surface area contributed by atoms with Crippen LogP contribution in [0, 0.1) is 11.3 Å². The van der Waals surface area contributed by atoms with Crippen molar-refractivity contribution in [2.24, 2.45) is 0 Å². The van der Waals surface area contributed by atoms with Gasteiger partial charge in [0, 0.05) is 7.11 Å². The molecule has 1 aliphatic rings. The Morgan fingerprint density at radius 3 is 2.70 bits per heavy atom. The van der Waals surface area contributed by atoms with Crippen LogP contribution < -0.4 is 0 Å². The summed E-state index contributed by atoms with van der Waals surface area (Å²) in [5.41, 5.74) is 0. The molecule has 0 spiro atoms. The van der Waals surface area contributed by atoms with Crippen LogP contribution in [0.25, 0.3) is 0 Å². The van der Waals surface area contributed by atoms with E-state index in [9.17, 15) is 0 Å². The van der Waals surface area contributed by atoms with E-state index in [1.54, 1.807) is 0 Å². The van der Waals surface area contributed by atoms with Crippen LogP contribution in [-0.4, -0.2) is 32.7 Å². The molecular weight excluding hydrogens is 134 g/mol. The van der Waals surface area contributed by atoms with Crippen molar-refractivity contribution in [1.29, 1.82) is 5.26 Å². The molecule has 1 heterocycles. The van der Waals surface area contributed by atoms with E-state index in [0.717, 1.165) is 0 Å².